The van der Waals surface area contributed by atoms with Gasteiger partial charge in [0.2, 0.25) is 0 Å². The van der Waals surface area contributed by atoms with Crippen LogP contribution in [-0.4, -0.2) is 22.4 Å². The Morgan fingerprint density at radius 1 is 1.19 bits per heavy atom. The fourth-order valence-corrected chi connectivity index (χ4v) is 2.72. The monoisotopic (exact) mass is 285 g/mol. The Morgan fingerprint density at radius 3 is 2.52 bits per heavy atom. The molecule has 114 valence electrons. The highest BCUT2D eigenvalue weighted by atomic mass is 15.3. The molecule has 1 unspecified atom stereocenters. The Labute approximate surface area is 128 Å². The molecule has 0 aliphatic carbocycles. The molecule has 1 aromatic heterocycles. The van der Waals surface area contributed by atoms with Gasteiger partial charge in [0.15, 0.2) is 0 Å². The topological polar surface area (TPSA) is 29.9 Å². The molecule has 0 amide bonds. The third-order valence-electron chi connectivity index (χ3n) is 3.84. The van der Waals surface area contributed by atoms with Crippen molar-refractivity contribution in [3.63, 3.8) is 0 Å². The van der Waals surface area contributed by atoms with Crippen LogP contribution in [0, 0.1) is 13.8 Å². The van der Waals surface area contributed by atoms with Gasteiger partial charge < -0.3 is 5.32 Å². The maximum absolute atomic E-state index is 4.47. The van der Waals surface area contributed by atoms with Crippen molar-refractivity contribution in [3.8, 4) is 0 Å². The van der Waals surface area contributed by atoms with Crippen molar-refractivity contribution in [2.24, 2.45) is 7.05 Å². The molecule has 3 nitrogen and oxygen atoms in total. The molecule has 0 aliphatic rings. The maximum atomic E-state index is 4.47. The van der Waals surface area contributed by atoms with Gasteiger partial charge in [-0.05, 0) is 31.9 Å². The Morgan fingerprint density at radius 2 is 1.95 bits per heavy atom. The summed E-state index contributed by atoms with van der Waals surface area (Å²) in [4.78, 5) is 0. The van der Waals surface area contributed by atoms with Gasteiger partial charge in [0, 0.05) is 31.2 Å². The van der Waals surface area contributed by atoms with Gasteiger partial charge in [-0.3, -0.25) is 4.68 Å². The predicted octanol–water partition coefficient (Wildman–Crippen LogP) is 3.36. The molecular weight excluding hydrogens is 258 g/mol. The number of nitrogens with zero attached hydrogens (tertiary/aromatic N) is 2. The Kier molecular flexibility index (Phi) is 5.18. The number of rotatable bonds is 6. The lowest BCUT2D eigenvalue weighted by atomic mass is 9.92. The van der Waals surface area contributed by atoms with Crippen molar-refractivity contribution in [1.29, 1.82) is 0 Å². The van der Waals surface area contributed by atoms with Crippen LogP contribution in [0.5, 0.6) is 0 Å². The summed E-state index contributed by atoms with van der Waals surface area (Å²) in [6, 6.07) is 11.5. The molecule has 1 N–H and O–H groups in total. The van der Waals surface area contributed by atoms with Gasteiger partial charge in [0.1, 0.15) is 0 Å². The first kappa shape index (κ1) is 15.8. The van der Waals surface area contributed by atoms with Crippen LogP contribution in [0.25, 0.3) is 0 Å². The molecule has 2 rings (SSSR count). The van der Waals surface area contributed by atoms with E-state index in [0.29, 0.717) is 12.0 Å². The second kappa shape index (κ2) is 6.90. The first-order valence-corrected chi connectivity index (χ1v) is 7.75. The van der Waals surface area contributed by atoms with Crippen molar-refractivity contribution >= 4 is 0 Å². The third kappa shape index (κ3) is 4.43. The van der Waals surface area contributed by atoms with E-state index in [1.54, 1.807) is 0 Å². The Bertz CT molecular complexity index is 584. The van der Waals surface area contributed by atoms with Gasteiger partial charge >= 0.3 is 0 Å². The van der Waals surface area contributed by atoms with Crippen molar-refractivity contribution in [3.05, 3.63) is 52.8 Å². The smallest absolute Gasteiger partial charge is 0.0596 e. The number of hydrogen-bond donors (Lipinski definition) is 1. The molecule has 21 heavy (non-hydrogen) atoms. The number of aromatic nitrogens is 2. The zero-order chi connectivity index (χ0) is 15.4. The summed E-state index contributed by atoms with van der Waals surface area (Å²) >= 11 is 0. The van der Waals surface area contributed by atoms with E-state index in [2.05, 4.69) is 68.4 Å². The Balaban J connectivity index is 2.21. The number of aryl methyl sites for hydroxylation is 3. The number of benzene rings is 1. The molecule has 0 aliphatic heterocycles. The van der Waals surface area contributed by atoms with Crippen LogP contribution < -0.4 is 5.32 Å². The molecule has 1 aromatic carbocycles. The molecule has 3 heteroatoms. The number of hydrogen-bond acceptors (Lipinski definition) is 2. The van der Waals surface area contributed by atoms with E-state index in [-0.39, 0.29) is 0 Å². The molecule has 0 saturated carbocycles. The lowest BCUT2D eigenvalue weighted by Gasteiger charge is -2.20. The second-order valence-electron chi connectivity index (χ2n) is 6.28. The molecule has 0 bridgehead atoms. The Hall–Kier alpha value is -1.61. The van der Waals surface area contributed by atoms with Crippen molar-refractivity contribution in [1.82, 2.24) is 15.1 Å². The first-order valence-electron chi connectivity index (χ1n) is 7.75. The van der Waals surface area contributed by atoms with E-state index < -0.39 is 0 Å². The van der Waals surface area contributed by atoms with Crippen molar-refractivity contribution in [2.75, 3.05) is 6.54 Å². The van der Waals surface area contributed by atoms with E-state index in [0.717, 1.165) is 18.7 Å². The fourth-order valence-electron chi connectivity index (χ4n) is 2.72. The van der Waals surface area contributed by atoms with Crippen LogP contribution in [0.15, 0.2) is 30.3 Å². The van der Waals surface area contributed by atoms with E-state index in [1.165, 1.54) is 16.8 Å². The molecule has 0 radical (unpaired) electrons. The zero-order valence-electron chi connectivity index (χ0n) is 13.9. The van der Waals surface area contributed by atoms with Gasteiger partial charge in [-0.1, -0.05) is 43.7 Å². The van der Waals surface area contributed by atoms with Crippen molar-refractivity contribution in [2.45, 2.75) is 46.1 Å². The van der Waals surface area contributed by atoms with Gasteiger partial charge in [-0.2, -0.15) is 5.10 Å². The summed E-state index contributed by atoms with van der Waals surface area (Å²) < 4.78 is 2.01. The zero-order valence-corrected chi connectivity index (χ0v) is 13.9. The molecule has 1 heterocycles. The summed E-state index contributed by atoms with van der Waals surface area (Å²) in [5.41, 5.74) is 5.11. The van der Waals surface area contributed by atoms with Crippen LogP contribution in [0.2, 0.25) is 0 Å². The largest absolute Gasteiger partial charge is 0.314 e. The molecule has 0 saturated heterocycles. The van der Waals surface area contributed by atoms with Crippen LogP contribution in [0.4, 0.5) is 0 Å². The minimum absolute atomic E-state index is 0.474. The highest BCUT2D eigenvalue weighted by Crippen LogP contribution is 2.22. The molecule has 2 aromatic rings. The predicted molar refractivity (Wildman–Crippen MR) is 88.7 cm³/mol. The van der Waals surface area contributed by atoms with E-state index in [4.69, 9.17) is 0 Å². The molecule has 1 atom stereocenters. The van der Waals surface area contributed by atoms with E-state index in [1.807, 2.05) is 11.7 Å². The summed E-state index contributed by atoms with van der Waals surface area (Å²) in [6.45, 7) is 9.59. The van der Waals surface area contributed by atoms with E-state index >= 15 is 0 Å². The van der Waals surface area contributed by atoms with Gasteiger partial charge in [0.25, 0.3) is 0 Å². The fraction of sp³-hybridized carbons (Fsp3) is 0.500. The average Bonchev–Trinajstić information content (AvgIpc) is 2.72. The SMILES string of the molecule is Cc1cccc(C(CNC(C)C)Cc2cc(C)nn2C)c1. The molecule has 0 fully saturated rings. The van der Waals surface area contributed by atoms with Crippen molar-refractivity contribution < 1.29 is 0 Å². The lowest BCUT2D eigenvalue weighted by Crippen LogP contribution is -2.29. The van der Waals surface area contributed by atoms with Gasteiger partial charge in [-0.15, -0.1) is 0 Å². The highest BCUT2D eigenvalue weighted by Gasteiger charge is 2.15. The van der Waals surface area contributed by atoms with Gasteiger partial charge in [0.05, 0.1) is 5.69 Å². The van der Waals surface area contributed by atoms with Crippen LogP contribution >= 0.6 is 0 Å². The molecule has 0 spiro atoms. The van der Waals surface area contributed by atoms with E-state index in [9.17, 15) is 0 Å². The second-order valence-corrected chi connectivity index (χ2v) is 6.28. The lowest BCUT2D eigenvalue weighted by molar-refractivity contribution is 0.516. The minimum atomic E-state index is 0.474. The van der Waals surface area contributed by atoms with Crippen LogP contribution in [-0.2, 0) is 13.5 Å². The maximum Gasteiger partial charge on any atom is 0.0596 e. The van der Waals surface area contributed by atoms with Crippen LogP contribution in [0.1, 0.15) is 42.3 Å². The highest BCUT2D eigenvalue weighted by molar-refractivity contribution is 5.27. The average molecular weight is 285 g/mol. The normalized spacial score (nSPS) is 12.9. The molecular formula is C18H27N3. The summed E-state index contributed by atoms with van der Waals surface area (Å²) in [5, 5.41) is 8.05. The summed E-state index contributed by atoms with van der Waals surface area (Å²) in [5.74, 6) is 0.474. The van der Waals surface area contributed by atoms with Crippen LogP contribution in [0.3, 0.4) is 0 Å². The first-order chi connectivity index (χ1) is 9.95. The quantitative estimate of drug-likeness (QED) is 0.882. The third-order valence-corrected chi connectivity index (χ3v) is 3.84. The summed E-state index contributed by atoms with van der Waals surface area (Å²) in [7, 11) is 2.03. The standard InChI is InChI=1S/C18H27N3/c1-13(2)19-12-17(16-8-6-7-14(3)9-16)11-18-10-15(4)20-21(18)5/h6-10,13,17,19H,11-12H2,1-5H3. The minimum Gasteiger partial charge on any atom is -0.314 e. The number of nitrogens with one attached hydrogen (secondary N) is 1. The van der Waals surface area contributed by atoms with Gasteiger partial charge in [-0.25, -0.2) is 0 Å². The summed E-state index contributed by atoms with van der Waals surface area (Å²) in [6.07, 6.45) is 1.01.